The van der Waals surface area contributed by atoms with Crippen LogP contribution in [-0.2, 0) is 16.1 Å². The molecule has 28 heavy (non-hydrogen) atoms. The fourth-order valence-corrected chi connectivity index (χ4v) is 2.54. The Labute approximate surface area is 164 Å². The van der Waals surface area contributed by atoms with E-state index in [-0.39, 0.29) is 12.4 Å². The molecule has 0 N–H and O–H groups in total. The summed E-state index contributed by atoms with van der Waals surface area (Å²) in [4.78, 5) is 23.6. The van der Waals surface area contributed by atoms with E-state index < -0.39 is 5.97 Å². The summed E-state index contributed by atoms with van der Waals surface area (Å²) in [5.74, 6) is 1.20. The molecule has 0 bridgehead atoms. The summed E-state index contributed by atoms with van der Waals surface area (Å²) in [7, 11) is 3.09. The molecule has 0 aliphatic rings. The third kappa shape index (κ3) is 5.61. The molecule has 0 unspecified atom stereocenters. The van der Waals surface area contributed by atoms with E-state index >= 15 is 0 Å². The van der Waals surface area contributed by atoms with E-state index in [1.807, 2.05) is 13.0 Å². The standard InChI is InChI=1S/C22H24O6/c1-5-27-21-12-16(6-9-20(21)26-4)7-11-22(24)28-14-18-13-17(15(2)23)8-10-19(18)25-3/h6-13H,5,14H2,1-4H3/b11-7+. The van der Waals surface area contributed by atoms with E-state index in [0.29, 0.717) is 35.0 Å². The maximum Gasteiger partial charge on any atom is 0.331 e. The van der Waals surface area contributed by atoms with Crippen molar-refractivity contribution in [3.8, 4) is 17.2 Å². The molecule has 6 heteroatoms. The molecule has 0 heterocycles. The quantitative estimate of drug-likeness (QED) is 0.369. The number of ether oxygens (including phenoxy) is 4. The number of esters is 1. The highest BCUT2D eigenvalue weighted by atomic mass is 16.5. The molecule has 2 aromatic carbocycles. The van der Waals surface area contributed by atoms with Gasteiger partial charge in [-0.15, -0.1) is 0 Å². The monoisotopic (exact) mass is 384 g/mol. The van der Waals surface area contributed by atoms with Gasteiger partial charge in [-0.05, 0) is 55.8 Å². The number of ketones is 1. The molecule has 6 nitrogen and oxygen atoms in total. The SMILES string of the molecule is CCOc1cc(/C=C/C(=O)OCc2cc(C(C)=O)ccc2OC)ccc1OC. The molecule has 0 spiro atoms. The van der Waals surface area contributed by atoms with Crippen LogP contribution in [0.5, 0.6) is 17.2 Å². The molecule has 0 aliphatic heterocycles. The zero-order valence-electron chi connectivity index (χ0n) is 16.5. The predicted octanol–water partition coefficient (Wildman–Crippen LogP) is 4.06. The van der Waals surface area contributed by atoms with E-state index in [1.54, 1.807) is 43.5 Å². The van der Waals surface area contributed by atoms with Crippen LogP contribution >= 0.6 is 0 Å². The second-order valence-corrected chi connectivity index (χ2v) is 5.87. The number of carbonyl (C=O) groups excluding carboxylic acids is 2. The summed E-state index contributed by atoms with van der Waals surface area (Å²) in [5, 5.41) is 0. The fraction of sp³-hybridized carbons (Fsp3) is 0.273. The van der Waals surface area contributed by atoms with Crippen molar-refractivity contribution in [1.82, 2.24) is 0 Å². The highest BCUT2D eigenvalue weighted by molar-refractivity contribution is 5.94. The fourth-order valence-electron chi connectivity index (χ4n) is 2.54. The van der Waals surface area contributed by atoms with Crippen LogP contribution in [0.4, 0.5) is 0 Å². The van der Waals surface area contributed by atoms with Crippen LogP contribution in [0.2, 0.25) is 0 Å². The van der Waals surface area contributed by atoms with Crippen LogP contribution in [-0.4, -0.2) is 32.6 Å². The highest BCUT2D eigenvalue weighted by Gasteiger charge is 2.09. The van der Waals surface area contributed by atoms with Gasteiger partial charge in [-0.2, -0.15) is 0 Å². The van der Waals surface area contributed by atoms with Crippen molar-refractivity contribution in [3.63, 3.8) is 0 Å². The van der Waals surface area contributed by atoms with Crippen LogP contribution in [0.25, 0.3) is 6.08 Å². The van der Waals surface area contributed by atoms with Crippen molar-refractivity contribution < 1.29 is 28.5 Å². The Morgan fingerprint density at radius 3 is 2.32 bits per heavy atom. The van der Waals surface area contributed by atoms with Crippen molar-refractivity contribution in [2.24, 2.45) is 0 Å². The Morgan fingerprint density at radius 1 is 0.964 bits per heavy atom. The third-order valence-corrected chi connectivity index (χ3v) is 3.96. The highest BCUT2D eigenvalue weighted by Crippen LogP contribution is 2.28. The molecule has 0 saturated carbocycles. The van der Waals surface area contributed by atoms with Crippen molar-refractivity contribution >= 4 is 17.8 Å². The number of benzene rings is 2. The van der Waals surface area contributed by atoms with Crippen LogP contribution in [0.1, 0.15) is 35.3 Å². The second-order valence-electron chi connectivity index (χ2n) is 5.87. The summed E-state index contributed by atoms with van der Waals surface area (Å²) < 4.78 is 21.3. The molecule has 0 aliphatic carbocycles. The summed E-state index contributed by atoms with van der Waals surface area (Å²) in [5.41, 5.74) is 1.93. The lowest BCUT2D eigenvalue weighted by molar-refractivity contribution is -0.138. The van der Waals surface area contributed by atoms with Gasteiger partial charge in [-0.3, -0.25) is 4.79 Å². The Hall–Kier alpha value is -3.28. The van der Waals surface area contributed by atoms with Crippen molar-refractivity contribution in [3.05, 3.63) is 59.2 Å². The minimum absolute atomic E-state index is 0.000273. The van der Waals surface area contributed by atoms with Crippen molar-refractivity contribution in [2.45, 2.75) is 20.5 Å². The first-order valence-corrected chi connectivity index (χ1v) is 8.82. The summed E-state index contributed by atoms with van der Waals surface area (Å²) in [6, 6.07) is 10.4. The molecular formula is C22H24O6. The number of rotatable bonds is 9. The molecule has 2 aromatic rings. The number of methoxy groups -OCH3 is 2. The average molecular weight is 384 g/mol. The van der Waals surface area contributed by atoms with Crippen LogP contribution in [0.15, 0.2) is 42.5 Å². The topological polar surface area (TPSA) is 71.1 Å². The summed E-state index contributed by atoms with van der Waals surface area (Å²) in [6.07, 6.45) is 2.96. The van der Waals surface area contributed by atoms with E-state index in [9.17, 15) is 9.59 Å². The minimum Gasteiger partial charge on any atom is -0.496 e. The van der Waals surface area contributed by atoms with Gasteiger partial charge in [0.25, 0.3) is 0 Å². The minimum atomic E-state index is -0.510. The Morgan fingerprint density at radius 2 is 1.68 bits per heavy atom. The summed E-state index contributed by atoms with van der Waals surface area (Å²) >= 11 is 0. The number of Topliss-reactive ketones (excluding diaryl/α,β-unsaturated/α-hetero) is 1. The molecule has 0 amide bonds. The molecule has 0 saturated heterocycles. The largest absolute Gasteiger partial charge is 0.496 e. The number of hydrogen-bond donors (Lipinski definition) is 0. The molecule has 0 fully saturated rings. The molecular weight excluding hydrogens is 360 g/mol. The van der Waals surface area contributed by atoms with Crippen LogP contribution in [0.3, 0.4) is 0 Å². The van der Waals surface area contributed by atoms with E-state index in [0.717, 1.165) is 5.56 Å². The predicted molar refractivity (Wildman–Crippen MR) is 106 cm³/mol. The van der Waals surface area contributed by atoms with Gasteiger partial charge >= 0.3 is 5.97 Å². The average Bonchev–Trinajstić information content (AvgIpc) is 2.70. The van der Waals surface area contributed by atoms with Gasteiger partial charge in [-0.1, -0.05) is 6.07 Å². The zero-order valence-corrected chi connectivity index (χ0v) is 16.5. The molecule has 0 atom stereocenters. The van der Waals surface area contributed by atoms with Gasteiger partial charge in [0.15, 0.2) is 17.3 Å². The maximum atomic E-state index is 12.1. The smallest absolute Gasteiger partial charge is 0.331 e. The van der Waals surface area contributed by atoms with Gasteiger partial charge in [-0.25, -0.2) is 4.79 Å². The first-order valence-electron chi connectivity index (χ1n) is 8.82. The summed E-state index contributed by atoms with van der Waals surface area (Å²) in [6.45, 7) is 3.87. The number of carbonyl (C=O) groups is 2. The molecule has 0 radical (unpaired) electrons. The van der Waals surface area contributed by atoms with Crippen molar-refractivity contribution in [2.75, 3.05) is 20.8 Å². The van der Waals surface area contributed by atoms with Gasteiger partial charge in [0, 0.05) is 17.2 Å². The van der Waals surface area contributed by atoms with Gasteiger partial charge < -0.3 is 18.9 Å². The third-order valence-electron chi connectivity index (χ3n) is 3.96. The first kappa shape index (κ1) is 21.0. The van der Waals surface area contributed by atoms with Gasteiger partial charge in [0.2, 0.25) is 0 Å². The van der Waals surface area contributed by atoms with Crippen LogP contribution < -0.4 is 14.2 Å². The van der Waals surface area contributed by atoms with E-state index in [1.165, 1.54) is 20.1 Å². The maximum absolute atomic E-state index is 12.1. The van der Waals surface area contributed by atoms with E-state index in [4.69, 9.17) is 18.9 Å². The van der Waals surface area contributed by atoms with Crippen molar-refractivity contribution in [1.29, 1.82) is 0 Å². The first-order chi connectivity index (χ1) is 13.5. The lowest BCUT2D eigenvalue weighted by atomic mass is 10.1. The van der Waals surface area contributed by atoms with E-state index in [2.05, 4.69) is 0 Å². The Bertz CT molecular complexity index is 869. The normalized spacial score (nSPS) is 10.6. The molecule has 2 rings (SSSR count). The molecule has 0 aromatic heterocycles. The number of hydrogen-bond acceptors (Lipinski definition) is 6. The van der Waals surface area contributed by atoms with Crippen LogP contribution in [0, 0.1) is 0 Å². The zero-order chi connectivity index (χ0) is 20.5. The van der Waals surface area contributed by atoms with Gasteiger partial charge in [0.05, 0.1) is 20.8 Å². The lowest BCUT2D eigenvalue weighted by Gasteiger charge is -2.10. The van der Waals surface area contributed by atoms with Gasteiger partial charge in [0.1, 0.15) is 12.4 Å². The Balaban J connectivity index is 2.05. The molecule has 148 valence electrons. The lowest BCUT2D eigenvalue weighted by Crippen LogP contribution is -2.04. The Kier molecular flexibility index (Phi) is 7.63. The second kappa shape index (κ2) is 10.2.